The number of hydrogen-bond donors (Lipinski definition) is 1. The van der Waals surface area contributed by atoms with E-state index in [4.69, 9.17) is 13.9 Å². The Morgan fingerprint density at radius 2 is 1.97 bits per heavy atom. The van der Waals surface area contributed by atoms with Gasteiger partial charge >= 0.3 is 0 Å². The van der Waals surface area contributed by atoms with Crippen molar-refractivity contribution in [1.82, 2.24) is 10.2 Å². The SMILES string of the molecule is COc1ccccc1OCc1nnc(SCC(=O)Nc2c(C)cc(C)cc2[N+](=O)[O-])o1. The smallest absolute Gasteiger partial charge is 0.293 e. The van der Waals surface area contributed by atoms with E-state index in [2.05, 4.69) is 15.5 Å². The predicted octanol–water partition coefficient (Wildman–Crippen LogP) is 3.91. The molecule has 1 heterocycles. The number of amides is 1. The lowest BCUT2D eigenvalue weighted by Crippen LogP contribution is -2.16. The summed E-state index contributed by atoms with van der Waals surface area (Å²) in [5, 5.41) is 21.8. The number of nitrogens with one attached hydrogen (secondary N) is 1. The van der Waals surface area contributed by atoms with Gasteiger partial charge in [0.2, 0.25) is 5.91 Å². The normalized spacial score (nSPS) is 10.5. The predicted molar refractivity (Wildman–Crippen MR) is 114 cm³/mol. The van der Waals surface area contributed by atoms with E-state index >= 15 is 0 Å². The number of nitro groups is 1. The zero-order valence-corrected chi connectivity index (χ0v) is 17.9. The number of thioether (sulfide) groups is 1. The highest BCUT2D eigenvalue weighted by Crippen LogP contribution is 2.30. The number of para-hydroxylation sites is 2. The Bertz CT molecular complexity index is 1100. The molecule has 2 aromatic carbocycles. The van der Waals surface area contributed by atoms with Gasteiger partial charge in [0.15, 0.2) is 18.1 Å². The van der Waals surface area contributed by atoms with Crippen LogP contribution < -0.4 is 14.8 Å². The number of carbonyl (C=O) groups excluding carboxylic acids is 1. The fraction of sp³-hybridized carbons (Fsp3) is 0.250. The van der Waals surface area contributed by atoms with Crippen LogP contribution in [0.3, 0.4) is 0 Å². The highest BCUT2D eigenvalue weighted by atomic mass is 32.2. The van der Waals surface area contributed by atoms with Crippen molar-refractivity contribution in [1.29, 1.82) is 0 Å². The first-order valence-electron chi connectivity index (χ1n) is 9.14. The zero-order chi connectivity index (χ0) is 22.4. The number of nitro benzene ring substituents is 1. The number of nitrogens with zero attached hydrogens (tertiary/aromatic N) is 3. The van der Waals surface area contributed by atoms with E-state index in [0.29, 0.717) is 17.1 Å². The van der Waals surface area contributed by atoms with Crippen LogP contribution in [0.4, 0.5) is 11.4 Å². The maximum atomic E-state index is 12.3. The summed E-state index contributed by atoms with van der Waals surface area (Å²) in [4.78, 5) is 23.1. The van der Waals surface area contributed by atoms with E-state index in [1.807, 2.05) is 12.1 Å². The molecule has 31 heavy (non-hydrogen) atoms. The number of carbonyl (C=O) groups is 1. The van der Waals surface area contributed by atoms with E-state index in [0.717, 1.165) is 17.3 Å². The molecule has 0 saturated heterocycles. The highest BCUT2D eigenvalue weighted by molar-refractivity contribution is 7.99. The van der Waals surface area contributed by atoms with Crippen LogP contribution >= 0.6 is 11.8 Å². The summed E-state index contributed by atoms with van der Waals surface area (Å²) in [6.45, 7) is 3.50. The molecule has 10 nitrogen and oxygen atoms in total. The van der Waals surface area contributed by atoms with Gasteiger partial charge in [0.05, 0.1) is 17.8 Å². The fourth-order valence-corrected chi connectivity index (χ4v) is 3.37. The lowest BCUT2D eigenvalue weighted by atomic mass is 10.1. The number of rotatable bonds is 9. The van der Waals surface area contributed by atoms with Crippen LogP contribution in [0.5, 0.6) is 11.5 Å². The molecule has 0 aliphatic heterocycles. The average Bonchev–Trinajstić information content (AvgIpc) is 3.20. The third-order valence-electron chi connectivity index (χ3n) is 4.12. The Morgan fingerprint density at radius 3 is 2.68 bits per heavy atom. The number of anilines is 1. The fourth-order valence-electron chi connectivity index (χ4n) is 2.79. The number of hydrogen-bond acceptors (Lipinski definition) is 9. The van der Waals surface area contributed by atoms with E-state index < -0.39 is 10.8 Å². The maximum absolute atomic E-state index is 12.3. The van der Waals surface area contributed by atoms with Crippen LogP contribution in [-0.2, 0) is 11.4 Å². The standard InChI is InChI=1S/C20H20N4O6S/c1-12-8-13(2)19(14(9-12)24(26)27)21-17(25)11-31-20-23-22-18(30-20)10-29-16-7-5-4-6-15(16)28-3/h4-9H,10-11H2,1-3H3,(H,21,25). The number of aromatic nitrogens is 2. The van der Waals surface area contributed by atoms with Crippen molar-refractivity contribution in [2.24, 2.45) is 0 Å². The first-order valence-corrected chi connectivity index (χ1v) is 10.1. The molecule has 0 spiro atoms. The summed E-state index contributed by atoms with van der Waals surface area (Å²) in [5.41, 5.74) is 1.38. The summed E-state index contributed by atoms with van der Waals surface area (Å²) in [6.07, 6.45) is 0. The molecule has 0 fully saturated rings. The van der Waals surface area contributed by atoms with Crippen molar-refractivity contribution in [3.63, 3.8) is 0 Å². The van der Waals surface area contributed by atoms with Gasteiger partial charge in [-0.15, -0.1) is 10.2 Å². The second-order valence-corrected chi connectivity index (χ2v) is 7.40. The lowest BCUT2D eigenvalue weighted by Gasteiger charge is -2.09. The van der Waals surface area contributed by atoms with Crippen LogP contribution in [0.1, 0.15) is 17.0 Å². The number of ether oxygens (including phenoxy) is 2. The van der Waals surface area contributed by atoms with Gasteiger partial charge in [-0.3, -0.25) is 14.9 Å². The van der Waals surface area contributed by atoms with Crippen LogP contribution in [0.15, 0.2) is 46.0 Å². The molecule has 0 radical (unpaired) electrons. The molecule has 11 heteroatoms. The molecule has 1 amide bonds. The number of aryl methyl sites for hydroxylation is 2. The highest BCUT2D eigenvalue weighted by Gasteiger charge is 2.20. The second kappa shape index (κ2) is 9.94. The minimum atomic E-state index is -0.519. The monoisotopic (exact) mass is 444 g/mol. The first kappa shape index (κ1) is 22.1. The van der Waals surface area contributed by atoms with Gasteiger partial charge in [-0.1, -0.05) is 30.0 Å². The summed E-state index contributed by atoms with van der Waals surface area (Å²) in [7, 11) is 1.54. The largest absolute Gasteiger partial charge is 0.493 e. The van der Waals surface area contributed by atoms with E-state index in [-0.39, 0.29) is 34.8 Å². The quantitative estimate of drug-likeness (QED) is 0.296. The Hall–Kier alpha value is -3.60. The minimum absolute atomic E-state index is 0.0366. The molecule has 162 valence electrons. The van der Waals surface area contributed by atoms with Crippen LogP contribution in [0, 0.1) is 24.0 Å². The van der Waals surface area contributed by atoms with Gasteiger partial charge < -0.3 is 19.2 Å². The molecule has 0 bridgehead atoms. The first-order chi connectivity index (χ1) is 14.9. The van der Waals surface area contributed by atoms with Gasteiger partial charge in [0.1, 0.15) is 5.69 Å². The molecule has 0 unspecified atom stereocenters. The molecule has 0 atom stereocenters. The Kier molecular flexibility index (Phi) is 7.08. The minimum Gasteiger partial charge on any atom is -0.493 e. The lowest BCUT2D eigenvalue weighted by molar-refractivity contribution is -0.384. The van der Waals surface area contributed by atoms with Crippen LogP contribution in [0.2, 0.25) is 0 Å². The zero-order valence-electron chi connectivity index (χ0n) is 17.1. The van der Waals surface area contributed by atoms with Crippen molar-refractivity contribution in [2.75, 3.05) is 18.2 Å². The van der Waals surface area contributed by atoms with Crippen molar-refractivity contribution in [2.45, 2.75) is 25.7 Å². The Morgan fingerprint density at radius 1 is 1.23 bits per heavy atom. The molecule has 0 saturated carbocycles. The van der Waals surface area contributed by atoms with Gasteiger partial charge in [-0.05, 0) is 37.1 Å². The molecule has 3 aromatic rings. The Balaban J connectivity index is 1.56. The van der Waals surface area contributed by atoms with Crippen molar-refractivity contribution < 1.29 is 23.6 Å². The van der Waals surface area contributed by atoms with Gasteiger partial charge in [-0.2, -0.15) is 0 Å². The summed E-state index contributed by atoms with van der Waals surface area (Å²) < 4.78 is 16.3. The third-order valence-corrected chi connectivity index (χ3v) is 4.93. The maximum Gasteiger partial charge on any atom is 0.293 e. The molecule has 0 aliphatic rings. The van der Waals surface area contributed by atoms with Gasteiger partial charge in [0, 0.05) is 6.07 Å². The summed E-state index contributed by atoms with van der Waals surface area (Å²) in [6, 6.07) is 10.3. The number of methoxy groups -OCH3 is 1. The topological polar surface area (TPSA) is 130 Å². The van der Waals surface area contributed by atoms with Gasteiger partial charge in [-0.25, -0.2) is 0 Å². The molecular formula is C20H20N4O6S. The summed E-state index contributed by atoms with van der Waals surface area (Å²) in [5.74, 6) is 0.865. The number of benzene rings is 2. The van der Waals surface area contributed by atoms with Gasteiger partial charge in [0.25, 0.3) is 16.8 Å². The molecule has 3 rings (SSSR count). The molecule has 0 aliphatic carbocycles. The van der Waals surface area contributed by atoms with Crippen molar-refractivity contribution >= 4 is 29.0 Å². The van der Waals surface area contributed by atoms with Crippen molar-refractivity contribution in [3.05, 3.63) is 63.5 Å². The van der Waals surface area contributed by atoms with E-state index in [1.54, 1.807) is 39.2 Å². The average molecular weight is 444 g/mol. The molecule has 1 N–H and O–H groups in total. The third kappa shape index (κ3) is 5.72. The molecule has 1 aromatic heterocycles. The van der Waals surface area contributed by atoms with Crippen molar-refractivity contribution in [3.8, 4) is 11.5 Å². The van der Waals surface area contributed by atoms with Crippen LogP contribution in [-0.4, -0.2) is 33.9 Å². The Labute approximate surface area is 182 Å². The molecular weight excluding hydrogens is 424 g/mol. The van der Waals surface area contributed by atoms with E-state index in [1.165, 1.54) is 6.07 Å². The summed E-state index contributed by atoms with van der Waals surface area (Å²) >= 11 is 1.02. The van der Waals surface area contributed by atoms with E-state index in [9.17, 15) is 14.9 Å². The van der Waals surface area contributed by atoms with Crippen LogP contribution in [0.25, 0.3) is 0 Å². The second-order valence-electron chi connectivity index (χ2n) is 6.47.